The standard InChI is InChI=1S/C56H97NO5/c1-4-7-10-13-16-19-21-23-25-27-28-30-32-34-37-40-43-46-49-56(61)62-52(47-44-41-38-36-33-31-29-26-24-22-20-17-14-11-8-5-2)50-55(60)57-53(51-58)54(59)48-45-42-39-35-18-15-12-9-6-3/h10,13,16,19,21,23,25-31,33,52-54,58-59H,4-9,11-12,14-15,17-18,20,22,24,32,34-51H2,1-3H3,(H,57,60)/b13-10+,19-16+,23-21+,27-25+,29-26+,30-28+,33-31+. The molecule has 0 fully saturated rings. The third kappa shape index (κ3) is 43.7. The van der Waals surface area contributed by atoms with Crippen molar-refractivity contribution in [2.75, 3.05) is 6.61 Å². The summed E-state index contributed by atoms with van der Waals surface area (Å²) in [5.74, 6) is -0.534. The number of carbonyl (C=O) groups is 2. The molecule has 3 unspecified atom stereocenters. The van der Waals surface area contributed by atoms with Gasteiger partial charge in [-0.05, 0) is 70.6 Å². The van der Waals surface area contributed by atoms with Crippen LogP contribution in [-0.4, -0.2) is 46.9 Å². The van der Waals surface area contributed by atoms with Gasteiger partial charge in [0.25, 0.3) is 0 Å². The van der Waals surface area contributed by atoms with Crippen LogP contribution in [0.15, 0.2) is 85.1 Å². The molecule has 0 saturated carbocycles. The molecule has 6 heteroatoms. The number of rotatable bonds is 45. The average Bonchev–Trinajstić information content (AvgIpc) is 3.26. The zero-order chi connectivity index (χ0) is 45.2. The third-order valence-corrected chi connectivity index (χ3v) is 11.3. The molecule has 0 saturated heterocycles. The SMILES string of the molecule is CCC/C=C/C=C/C=C/C=C/C=C/CCCCCCCC(=O)OC(CCCCC/C=C/C=C/CCCCCCCCC)CC(=O)NC(CO)C(O)CCCCCCCCCCC. The van der Waals surface area contributed by atoms with E-state index in [1.807, 2.05) is 24.3 Å². The zero-order valence-electron chi connectivity index (χ0n) is 40.5. The maximum Gasteiger partial charge on any atom is 0.306 e. The van der Waals surface area contributed by atoms with Crippen molar-refractivity contribution in [1.29, 1.82) is 0 Å². The molecule has 0 aromatic heterocycles. The Bertz CT molecular complexity index is 1200. The first-order chi connectivity index (χ1) is 30.5. The summed E-state index contributed by atoms with van der Waals surface area (Å²) >= 11 is 0. The van der Waals surface area contributed by atoms with Crippen molar-refractivity contribution >= 4 is 11.9 Å². The van der Waals surface area contributed by atoms with Crippen LogP contribution in [0.3, 0.4) is 0 Å². The molecular weight excluding hydrogens is 767 g/mol. The number of nitrogens with one attached hydrogen (secondary N) is 1. The number of allylic oxidation sites excluding steroid dienone is 14. The van der Waals surface area contributed by atoms with E-state index in [-0.39, 0.29) is 24.9 Å². The predicted octanol–water partition coefficient (Wildman–Crippen LogP) is 15.6. The molecule has 0 aliphatic heterocycles. The molecule has 3 N–H and O–H groups in total. The van der Waals surface area contributed by atoms with E-state index in [0.29, 0.717) is 19.3 Å². The van der Waals surface area contributed by atoms with Gasteiger partial charge in [-0.25, -0.2) is 0 Å². The fourth-order valence-corrected chi connectivity index (χ4v) is 7.39. The lowest BCUT2D eigenvalue weighted by Crippen LogP contribution is -2.46. The molecule has 356 valence electrons. The highest BCUT2D eigenvalue weighted by Crippen LogP contribution is 2.17. The second kappa shape index (κ2) is 49.1. The molecule has 0 radical (unpaired) electrons. The fraction of sp³-hybridized carbons (Fsp3) is 0.714. The Balaban J connectivity index is 4.70. The monoisotopic (exact) mass is 864 g/mol. The van der Waals surface area contributed by atoms with Crippen LogP contribution in [0.25, 0.3) is 0 Å². The zero-order valence-corrected chi connectivity index (χ0v) is 40.5. The molecule has 6 nitrogen and oxygen atoms in total. The highest BCUT2D eigenvalue weighted by atomic mass is 16.5. The largest absolute Gasteiger partial charge is 0.462 e. The summed E-state index contributed by atoms with van der Waals surface area (Å²) < 4.78 is 5.91. The second-order valence-corrected chi connectivity index (χ2v) is 17.4. The maximum atomic E-state index is 13.2. The van der Waals surface area contributed by atoms with E-state index in [1.54, 1.807) is 0 Å². The van der Waals surface area contributed by atoms with Gasteiger partial charge in [0, 0.05) is 6.42 Å². The summed E-state index contributed by atoms with van der Waals surface area (Å²) in [6.45, 7) is 6.35. The lowest BCUT2D eigenvalue weighted by Gasteiger charge is -2.24. The van der Waals surface area contributed by atoms with E-state index in [1.165, 1.54) is 89.9 Å². The van der Waals surface area contributed by atoms with Crippen LogP contribution in [0.2, 0.25) is 0 Å². The summed E-state index contributed by atoms with van der Waals surface area (Å²) in [7, 11) is 0. The Morgan fingerprint density at radius 3 is 1.34 bits per heavy atom. The minimum atomic E-state index is -0.802. The Morgan fingerprint density at radius 2 is 0.855 bits per heavy atom. The van der Waals surface area contributed by atoms with E-state index >= 15 is 0 Å². The first-order valence-corrected chi connectivity index (χ1v) is 25.9. The van der Waals surface area contributed by atoms with Crippen molar-refractivity contribution in [3.05, 3.63) is 85.1 Å². The number of hydrogen-bond donors (Lipinski definition) is 3. The van der Waals surface area contributed by atoms with E-state index in [2.05, 4.69) is 86.8 Å². The highest BCUT2D eigenvalue weighted by molar-refractivity contribution is 5.77. The lowest BCUT2D eigenvalue weighted by molar-refractivity contribution is -0.151. The molecule has 0 aromatic rings. The van der Waals surface area contributed by atoms with Crippen LogP contribution in [0.1, 0.15) is 233 Å². The number of aliphatic hydroxyl groups is 2. The van der Waals surface area contributed by atoms with Gasteiger partial charge in [0.05, 0.1) is 25.2 Å². The van der Waals surface area contributed by atoms with Crippen LogP contribution in [-0.2, 0) is 14.3 Å². The normalized spacial score (nSPS) is 14.0. The summed E-state index contributed by atoms with van der Waals surface area (Å²) in [5.41, 5.74) is 0. The molecule has 0 rings (SSSR count). The number of unbranched alkanes of at least 4 members (excludes halogenated alkanes) is 24. The van der Waals surface area contributed by atoms with Gasteiger partial charge < -0.3 is 20.3 Å². The van der Waals surface area contributed by atoms with Gasteiger partial charge in [0.2, 0.25) is 5.91 Å². The average molecular weight is 864 g/mol. The topological polar surface area (TPSA) is 95.9 Å². The summed E-state index contributed by atoms with van der Waals surface area (Å²) in [6, 6.07) is -0.719. The molecule has 3 atom stereocenters. The number of amides is 1. The van der Waals surface area contributed by atoms with Crippen LogP contribution >= 0.6 is 0 Å². The number of aliphatic hydroxyl groups excluding tert-OH is 2. The smallest absolute Gasteiger partial charge is 0.306 e. The molecule has 0 bridgehead atoms. The fourth-order valence-electron chi connectivity index (χ4n) is 7.39. The number of hydrogen-bond acceptors (Lipinski definition) is 5. The number of ether oxygens (including phenoxy) is 1. The highest BCUT2D eigenvalue weighted by Gasteiger charge is 2.24. The Morgan fingerprint density at radius 1 is 0.468 bits per heavy atom. The van der Waals surface area contributed by atoms with Crippen LogP contribution in [0.4, 0.5) is 0 Å². The van der Waals surface area contributed by atoms with Crippen molar-refractivity contribution in [2.24, 2.45) is 0 Å². The minimum absolute atomic E-state index is 0.0448. The molecule has 0 heterocycles. The molecule has 0 aromatic carbocycles. The lowest BCUT2D eigenvalue weighted by atomic mass is 10.0. The van der Waals surface area contributed by atoms with Gasteiger partial charge in [-0.1, -0.05) is 234 Å². The Kier molecular flexibility index (Phi) is 46.7. The van der Waals surface area contributed by atoms with E-state index in [0.717, 1.165) is 96.3 Å². The van der Waals surface area contributed by atoms with Crippen molar-refractivity contribution in [2.45, 2.75) is 251 Å². The van der Waals surface area contributed by atoms with E-state index < -0.39 is 18.2 Å². The first-order valence-electron chi connectivity index (χ1n) is 25.9. The van der Waals surface area contributed by atoms with Gasteiger partial charge in [0.15, 0.2) is 0 Å². The molecule has 0 aliphatic carbocycles. The van der Waals surface area contributed by atoms with Crippen molar-refractivity contribution in [1.82, 2.24) is 5.32 Å². The van der Waals surface area contributed by atoms with Crippen LogP contribution in [0, 0.1) is 0 Å². The molecule has 0 aliphatic rings. The van der Waals surface area contributed by atoms with Crippen LogP contribution in [0.5, 0.6) is 0 Å². The molecule has 62 heavy (non-hydrogen) atoms. The summed E-state index contributed by atoms with van der Waals surface area (Å²) in [6.07, 6.45) is 63.5. The van der Waals surface area contributed by atoms with Crippen molar-refractivity contribution < 1.29 is 24.5 Å². The number of carbonyl (C=O) groups excluding carboxylic acids is 2. The summed E-state index contributed by atoms with van der Waals surface area (Å²) in [5, 5.41) is 23.7. The Hall–Kier alpha value is -2.96. The third-order valence-electron chi connectivity index (χ3n) is 11.3. The van der Waals surface area contributed by atoms with Crippen molar-refractivity contribution in [3.63, 3.8) is 0 Å². The molecule has 1 amide bonds. The second-order valence-electron chi connectivity index (χ2n) is 17.4. The minimum Gasteiger partial charge on any atom is -0.462 e. The van der Waals surface area contributed by atoms with Gasteiger partial charge in [-0.2, -0.15) is 0 Å². The van der Waals surface area contributed by atoms with Crippen LogP contribution < -0.4 is 5.32 Å². The van der Waals surface area contributed by atoms with Crippen molar-refractivity contribution in [3.8, 4) is 0 Å². The number of esters is 1. The molecule has 0 spiro atoms. The molecular formula is C56H97NO5. The summed E-state index contributed by atoms with van der Waals surface area (Å²) in [4.78, 5) is 26.1. The van der Waals surface area contributed by atoms with E-state index in [9.17, 15) is 19.8 Å². The van der Waals surface area contributed by atoms with Gasteiger partial charge in [-0.3, -0.25) is 9.59 Å². The quantitative estimate of drug-likeness (QED) is 0.0322. The first kappa shape index (κ1) is 59.0. The maximum absolute atomic E-state index is 13.2. The van der Waals surface area contributed by atoms with Gasteiger partial charge in [0.1, 0.15) is 6.10 Å². The van der Waals surface area contributed by atoms with E-state index in [4.69, 9.17) is 4.74 Å². The van der Waals surface area contributed by atoms with Gasteiger partial charge in [-0.15, -0.1) is 0 Å². The predicted molar refractivity (Wildman–Crippen MR) is 268 cm³/mol. The van der Waals surface area contributed by atoms with Gasteiger partial charge >= 0.3 is 5.97 Å². The Labute approximate surface area is 383 Å².